The second-order valence-corrected chi connectivity index (χ2v) is 6.77. The highest BCUT2D eigenvalue weighted by atomic mass is 16.1. The molecule has 3 heteroatoms. The van der Waals surface area contributed by atoms with Gasteiger partial charge in [-0.05, 0) is 32.6 Å². The Morgan fingerprint density at radius 1 is 0.864 bits per heavy atom. The lowest BCUT2D eigenvalue weighted by atomic mass is 9.86. The topological polar surface area (TPSA) is 51.2 Å². The van der Waals surface area contributed by atoms with Crippen molar-refractivity contribution in [1.29, 1.82) is 0 Å². The maximum atomic E-state index is 10.7. The molecule has 1 fully saturated rings. The predicted octanol–water partition coefficient (Wildman–Crippen LogP) is 5.15. The molecule has 0 spiro atoms. The first kappa shape index (κ1) is 23.3. The summed E-state index contributed by atoms with van der Waals surface area (Å²) in [6.45, 7) is 10.8. The van der Waals surface area contributed by atoms with E-state index in [0.29, 0.717) is 18.1 Å². The van der Waals surface area contributed by atoms with E-state index in [-0.39, 0.29) is 11.6 Å². The monoisotopic (exact) mass is 312 g/mol. The van der Waals surface area contributed by atoms with Crippen LogP contribution in [0.3, 0.4) is 0 Å². The molecular weight excluding hydrogens is 276 g/mol. The quantitative estimate of drug-likeness (QED) is 0.705. The molecule has 0 N–H and O–H groups in total. The van der Waals surface area contributed by atoms with Gasteiger partial charge in [-0.15, -0.1) is 0 Å². The number of hydrogen-bond acceptors (Lipinski definition) is 3. The number of hydrogen-bond donors (Lipinski definition) is 0. The Hall–Kier alpha value is -0.990. The van der Waals surface area contributed by atoms with Gasteiger partial charge < -0.3 is 14.4 Å². The predicted molar refractivity (Wildman–Crippen MR) is 93.0 cm³/mol. The number of Topliss-reactive ketones (excluding diaryl/α,β-unsaturated/α-hetero) is 3. The summed E-state index contributed by atoms with van der Waals surface area (Å²) < 4.78 is 0. The highest BCUT2D eigenvalue weighted by molar-refractivity contribution is 5.76. The van der Waals surface area contributed by atoms with E-state index in [4.69, 9.17) is 0 Å². The van der Waals surface area contributed by atoms with Gasteiger partial charge in [-0.3, -0.25) is 0 Å². The summed E-state index contributed by atoms with van der Waals surface area (Å²) >= 11 is 0. The molecule has 0 aromatic rings. The van der Waals surface area contributed by atoms with Gasteiger partial charge in [0.1, 0.15) is 17.3 Å². The van der Waals surface area contributed by atoms with E-state index in [1.165, 1.54) is 32.1 Å². The van der Waals surface area contributed by atoms with E-state index >= 15 is 0 Å². The fraction of sp³-hybridized carbons (Fsp3) is 0.842. The van der Waals surface area contributed by atoms with Gasteiger partial charge in [-0.2, -0.15) is 0 Å². The summed E-state index contributed by atoms with van der Waals surface area (Å²) in [6, 6.07) is 0. The molecule has 0 heterocycles. The van der Waals surface area contributed by atoms with E-state index in [1.807, 2.05) is 20.8 Å². The minimum Gasteiger partial charge on any atom is -0.300 e. The first-order valence-corrected chi connectivity index (χ1v) is 8.67. The number of rotatable bonds is 5. The van der Waals surface area contributed by atoms with E-state index in [9.17, 15) is 14.4 Å². The number of carbonyl (C=O) groups is 3. The molecular formula is C19H36O3. The molecule has 0 aromatic heterocycles. The average Bonchev–Trinajstić information content (AvgIpc) is 2.38. The van der Waals surface area contributed by atoms with Crippen molar-refractivity contribution in [3.63, 3.8) is 0 Å². The summed E-state index contributed by atoms with van der Waals surface area (Å²) in [5, 5.41) is 0. The SMILES string of the molecule is CC(=O)CC(C)C.CC(=O)CC1CCCCC1.CCC(C)=O. The van der Waals surface area contributed by atoms with Gasteiger partial charge in [0, 0.05) is 19.3 Å². The molecule has 0 aromatic carbocycles. The van der Waals surface area contributed by atoms with E-state index in [0.717, 1.165) is 18.8 Å². The molecule has 1 rings (SSSR count). The Bertz CT molecular complexity index is 313. The zero-order valence-corrected chi connectivity index (χ0v) is 15.5. The lowest BCUT2D eigenvalue weighted by Crippen LogP contribution is -2.09. The van der Waals surface area contributed by atoms with Gasteiger partial charge in [-0.1, -0.05) is 52.9 Å². The number of ketones is 3. The van der Waals surface area contributed by atoms with Gasteiger partial charge >= 0.3 is 0 Å². The minimum atomic E-state index is 0.255. The van der Waals surface area contributed by atoms with Crippen LogP contribution in [-0.2, 0) is 14.4 Å². The van der Waals surface area contributed by atoms with Crippen molar-refractivity contribution in [2.24, 2.45) is 11.8 Å². The largest absolute Gasteiger partial charge is 0.300 e. The van der Waals surface area contributed by atoms with Crippen molar-refractivity contribution in [2.75, 3.05) is 0 Å². The minimum absolute atomic E-state index is 0.255. The first-order chi connectivity index (χ1) is 10.2. The summed E-state index contributed by atoms with van der Waals surface area (Å²) in [7, 11) is 0. The zero-order chi connectivity index (χ0) is 17.5. The van der Waals surface area contributed by atoms with Gasteiger partial charge in [0.05, 0.1) is 0 Å². The fourth-order valence-corrected chi connectivity index (χ4v) is 2.37. The van der Waals surface area contributed by atoms with Crippen molar-refractivity contribution < 1.29 is 14.4 Å². The lowest BCUT2D eigenvalue weighted by molar-refractivity contribution is -0.118. The number of carbonyl (C=O) groups excluding carboxylic acids is 3. The van der Waals surface area contributed by atoms with Crippen LogP contribution in [0.5, 0.6) is 0 Å². The van der Waals surface area contributed by atoms with Crippen LogP contribution in [0.2, 0.25) is 0 Å². The third-order valence-electron chi connectivity index (χ3n) is 3.49. The second kappa shape index (κ2) is 14.9. The molecule has 0 unspecified atom stereocenters. The third-order valence-corrected chi connectivity index (χ3v) is 3.49. The molecule has 22 heavy (non-hydrogen) atoms. The zero-order valence-electron chi connectivity index (χ0n) is 15.5. The normalized spacial score (nSPS) is 14.3. The van der Waals surface area contributed by atoms with Gasteiger partial charge in [0.2, 0.25) is 0 Å². The molecule has 0 atom stereocenters. The van der Waals surface area contributed by atoms with Crippen molar-refractivity contribution >= 4 is 17.3 Å². The van der Waals surface area contributed by atoms with Crippen LogP contribution in [0, 0.1) is 11.8 Å². The Kier molecular flexibility index (Phi) is 15.8. The highest BCUT2D eigenvalue weighted by Gasteiger charge is 2.14. The summed E-state index contributed by atoms with van der Waals surface area (Å²) in [6.07, 6.45) is 8.88. The van der Waals surface area contributed by atoms with Crippen LogP contribution in [0.1, 0.15) is 92.9 Å². The lowest BCUT2D eigenvalue weighted by Gasteiger charge is -2.19. The highest BCUT2D eigenvalue weighted by Crippen LogP contribution is 2.26. The molecule has 0 radical (unpaired) electrons. The molecule has 0 saturated heterocycles. The fourth-order valence-electron chi connectivity index (χ4n) is 2.37. The van der Waals surface area contributed by atoms with Crippen molar-refractivity contribution in [1.82, 2.24) is 0 Å². The van der Waals surface area contributed by atoms with Crippen LogP contribution < -0.4 is 0 Å². The third kappa shape index (κ3) is 21.3. The van der Waals surface area contributed by atoms with Crippen molar-refractivity contribution in [3.8, 4) is 0 Å². The Morgan fingerprint density at radius 3 is 1.55 bits per heavy atom. The molecule has 1 aliphatic rings. The van der Waals surface area contributed by atoms with E-state index < -0.39 is 0 Å². The van der Waals surface area contributed by atoms with E-state index in [1.54, 1.807) is 20.8 Å². The van der Waals surface area contributed by atoms with E-state index in [2.05, 4.69) is 0 Å². The van der Waals surface area contributed by atoms with Crippen molar-refractivity contribution in [2.45, 2.75) is 92.9 Å². The van der Waals surface area contributed by atoms with Crippen LogP contribution in [0.15, 0.2) is 0 Å². The van der Waals surface area contributed by atoms with Gasteiger partial charge in [-0.25, -0.2) is 0 Å². The molecule has 1 aliphatic carbocycles. The maximum Gasteiger partial charge on any atom is 0.130 e. The van der Waals surface area contributed by atoms with Crippen molar-refractivity contribution in [3.05, 3.63) is 0 Å². The van der Waals surface area contributed by atoms with Crippen LogP contribution in [0.25, 0.3) is 0 Å². The Morgan fingerprint density at radius 2 is 1.32 bits per heavy atom. The second-order valence-electron chi connectivity index (χ2n) is 6.77. The smallest absolute Gasteiger partial charge is 0.130 e. The Labute approximate surface area is 137 Å². The average molecular weight is 312 g/mol. The van der Waals surface area contributed by atoms with Gasteiger partial charge in [0.15, 0.2) is 0 Å². The van der Waals surface area contributed by atoms with Crippen LogP contribution >= 0.6 is 0 Å². The molecule has 0 bridgehead atoms. The summed E-state index contributed by atoms with van der Waals surface area (Å²) in [4.78, 5) is 30.8. The maximum absolute atomic E-state index is 10.7. The molecule has 130 valence electrons. The standard InChI is InChI=1S/C9H16O.C6H12O.C4H8O/c1-8(10)7-9-5-3-2-4-6-9;1-5(2)4-6(3)7;1-3-4(2)5/h9H,2-7H2,1H3;5H,4H2,1-3H3;3H2,1-2H3. The van der Waals surface area contributed by atoms with Crippen LogP contribution in [0.4, 0.5) is 0 Å². The molecule has 0 amide bonds. The molecule has 0 aliphatic heterocycles. The van der Waals surface area contributed by atoms with Crippen LogP contribution in [-0.4, -0.2) is 17.3 Å². The molecule has 3 nitrogen and oxygen atoms in total. The summed E-state index contributed by atoms with van der Waals surface area (Å²) in [5.41, 5.74) is 0. The Balaban J connectivity index is 0. The van der Waals surface area contributed by atoms with Gasteiger partial charge in [0.25, 0.3) is 0 Å². The molecule has 1 saturated carbocycles. The summed E-state index contributed by atoms with van der Waals surface area (Å²) in [5.74, 6) is 2.16. The first-order valence-electron chi connectivity index (χ1n) is 8.67.